The van der Waals surface area contributed by atoms with Crippen LogP contribution in [0.15, 0.2) is 0 Å². The van der Waals surface area contributed by atoms with Crippen LogP contribution in [0.2, 0.25) is 0 Å². The van der Waals surface area contributed by atoms with Crippen LogP contribution < -0.4 is 0 Å². The molecule has 0 spiro atoms. The molecule has 1 aliphatic heterocycles. The Kier molecular flexibility index (Phi) is 3.14. The van der Waals surface area contributed by atoms with Gasteiger partial charge in [0.05, 0.1) is 0 Å². The van der Waals surface area contributed by atoms with Crippen LogP contribution in [0.25, 0.3) is 0 Å². The van der Waals surface area contributed by atoms with Crippen LogP contribution in [0.1, 0.15) is 26.7 Å². The zero-order valence-electron chi connectivity index (χ0n) is 7.50. The number of hydrogen-bond acceptors (Lipinski definition) is 2. The Morgan fingerprint density at radius 3 is 1.92 bits per heavy atom. The quantitative estimate of drug-likeness (QED) is 0.483. The highest BCUT2D eigenvalue weighted by Crippen LogP contribution is 2.18. The fourth-order valence-corrected chi connectivity index (χ4v) is 2.99. The van der Waals surface area contributed by atoms with Gasteiger partial charge in [0.2, 0.25) is 0 Å². The second-order valence-electron chi connectivity index (χ2n) is 2.62. The van der Waals surface area contributed by atoms with Gasteiger partial charge in [-0.1, -0.05) is 4.31 Å². The molecule has 0 saturated carbocycles. The normalized spacial score (nSPS) is 18.1. The van der Waals surface area contributed by atoms with Crippen molar-refractivity contribution in [3.05, 3.63) is 0 Å². The van der Waals surface area contributed by atoms with Gasteiger partial charge in [-0.25, -0.2) is 0 Å². The SMILES string of the molecule is CC[S+](CC)N1C(=O)CCC1=O. The Bertz CT molecular complexity index is 185. The van der Waals surface area contributed by atoms with E-state index in [9.17, 15) is 9.59 Å². The third-order valence-electron chi connectivity index (χ3n) is 1.93. The lowest BCUT2D eigenvalue weighted by molar-refractivity contribution is -0.132. The average Bonchev–Trinajstić information content (AvgIpc) is 2.38. The maximum Gasteiger partial charge on any atom is 0.273 e. The van der Waals surface area contributed by atoms with Crippen LogP contribution in [-0.4, -0.2) is 27.6 Å². The fraction of sp³-hybridized carbons (Fsp3) is 0.750. The van der Waals surface area contributed by atoms with Crippen molar-refractivity contribution >= 4 is 22.9 Å². The third-order valence-corrected chi connectivity index (χ3v) is 4.19. The van der Waals surface area contributed by atoms with Gasteiger partial charge in [-0.2, -0.15) is 0 Å². The molecule has 0 bridgehead atoms. The highest BCUT2D eigenvalue weighted by molar-refractivity contribution is 7.95. The van der Waals surface area contributed by atoms with Crippen LogP contribution >= 0.6 is 0 Å². The summed E-state index contributed by atoms with van der Waals surface area (Å²) in [5.74, 6) is 1.83. The van der Waals surface area contributed by atoms with E-state index in [1.807, 2.05) is 13.8 Å². The second kappa shape index (κ2) is 3.94. The molecule has 0 unspecified atom stereocenters. The molecule has 0 atom stereocenters. The smallest absolute Gasteiger partial charge is 0.270 e. The monoisotopic (exact) mass is 188 g/mol. The van der Waals surface area contributed by atoms with E-state index in [1.165, 1.54) is 4.31 Å². The van der Waals surface area contributed by atoms with Crippen molar-refractivity contribution in [2.24, 2.45) is 0 Å². The molecular formula is C8H14NO2S+. The Hall–Kier alpha value is -0.510. The number of carbonyl (C=O) groups excluding carboxylic acids is 2. The minimum atomic E-state index is -0.140. The van der Waals surface area contributed by atoms with Crippen LogP contribution in [-0.2, 0) is 20.7 Å². The van der Waals surface area contributed by atoms with Crippen molar-refractivity contribution in [2.45, 2.75) is 26.7 Å². The van der Waals surface area contributed by atoms with Crippen molar-refractivity contribution < 1.29 is 9.59 Å². The van der Waals surface area contributed by atoms with Crippen LogP contribution in [0.5, 0.6) is 0 Å². The summed E-state index contributed by atoms with van der Waals surface area (Å²) in [4.78, 5) is 22.5. The van der Waals surface area contributed by atoms with E-state index >= 15 is 0 Å². The van der Waals surface area contributed by atoms with Gasteiger partial charge in [0.15, 0.2) is 0 Å². The average molecular weight is 188 g/mol. The predicted octanol–water partition coefficient (Wildman–Crippen LogP) is 0.708. The van der Waals surface area contributed by atoms with Gasteiger partial charge in [-0.3, -0.25) is 9.59 Å². The minimum absolute atomic E-state index is 0.0204. The summed E-state index contributed by atoms with van der Waals surface area (Å²) in [5.41, 5.74) is 0. The Morgan fingerprint density at radius 2 is 1.58 bits per heavy atom. The molecular weight excluding hydrogens is 174 g/mol. The first-order chi connectivity index (χ1) is 5.70. The molecule has 1 saturated heterocycles. The maximum atomic E-state index is 11.3. The van der Waals surface area contributed by atoms with Crippen LogP contribution in [0.3, 0.4) is 0 Å². The molecule has 68 valence electrons. The summed E-state index contributed by atoms with van der Waals surface area (Å²) in [7, 11) is 0. The van der Waals surface area contributed by atoms with Gasteiger partial charge in [-0.05, 0) is 13.8 Å². The molecule has 2 amide bonds. The molecule has 0 aromatic heterocycles. The van der Waals surface area contributed by atoms with Crippen LogP contribution in [0.4, 0.5) is 0 Å². The zero-order valence-corrected chi connectivity index (χ0v) is 8.32. The van der Waals surface area contributed by atoms with Crippen molar-refractivity contribution in [3.63, 3.8) is 0 Å². The summed E-state index contributed by atoms with van der Waals surface area (Å²) in [6, 6.07) is 0. The Balaban J connectivity index is 2.70. The standard InChI is InChI=1S/C8H14NO2S/c1-3-12(4-2)9-7(10)5-6-8(9)11/h3-6H2,1-2H3/q+1. The van der Waals surface area contributed by atoms with E-state index in [0.29, 0.717) is 12.8 Å². The number of amides is 2. The second-order valence-corrected chi connectivity index (χ2v) is 5.07. The molecule has 1 heterocycles. The largest absolute Gasteiger partial charge is 0.273 e. The van der Waals surface area contributed by atoms with Gasteiger partial charge in [0.1, 0.15) is 22.6 Å². The zero-order chi connectivity index (χ0) is 9.14. The highest BCUT2D eigenvalue weighted by Gasteiger charge is 2.40. The number of rotatable bonds is 3. The van der Waals surface area contributed by atoms with E-state index < -0.39 is 0 Å². The van der Waals surface area contributed by atoms with Gasteiger partial charge in [0, 0.05) is 12.8 Å². The molecule has 4 heteroatoms. The van der Waals surface area contributed by atoms with E-state index in [4.69, 9.17) is 0 Å². The fourth-order valence-electron chi connectivity index (χ4n) is 1.31. The van der Waals surface area contributed by atoms with E-state index in [0.717, 1.165) is 11.5 Å². The van der Waals surface area contributed by atoms with Crippen molar-refractivity contribution in [1.29, 1.82) is 0 Å². The van der Waals surface area contributed by atoms with Crippen molar-refractivity contribution in [3.8, 4) is 0 Å². The number of imide groups is 1. The van der Waals surface area contributed by atoms with Gasteiger partial charge in [-0.15, -0.1) is 0 Å². The molecule has 0 aromatic rings. The van der Waals surface area contributed by atoms with Gasteiger partial charge >= 0.3 is 0 Å². The lowest BCUT2D eigenvalue weighted by atomic mass is 10.4. The minimum Gasteiger partial charge on any atom is -0.270 e. The molecule has 0 aromatic carbocycles. The summed E-state index contributed by atoms with van der Waals surface area (Å²) < 4.78 is 1.47. The topological polar surface area (TPSA) is 37.4 Å². The van der Waals surface area contributed by atoms with Gasteiger partial charge < -0.3 is 0 Å². The van der Waals surface area contributed by atoms with Crippen molar-refractivity contribution in [1.82, 2.24) is 4.31 Å². The molecule has 0 N–H and O–H groups in total. The summed E-state index contributed by atoms with van der Waals surface area (Å²) in [5, 5.41) is 0. The lowest BCUT2D eigenvalue weighted by Gasteiger charge is -2.11. The van der Waals surface area contributed by atoms with E-state index in [2.05, 4.69) is 0 Å². The number of hydrogen-bond donors (Lipinski definition) is 0. The maximum absolute atomic E-state index is 11.3. The first-order valence-corrected chi connectivity index (χ1v) is 5.76. The molecule has 1 aliphatic rings. The number of nitrogens with zero attached hydrogens (tertiary/aromatic N) is 1. The summed E-state index contributed by atoms with van der Waals surface area (Å²) in [6.45, 7) is 4.04. The predicted molar refractivity (Wildman–Crippen MR) is 49.5 cm³/mol. The summed E-state index contributed by atoms with van der Waals surface area (Å²) in [6.07, 6.45) is 0.838. The Morgan fingerprint density at radius 1 is 1.17 bits per heavy atom. The van der Waals surface area contributed by atoms with Crippen molar-refractivity contribution in [2.75, 3.05) is 11.5 Å². The molecule has 1 rings (SSSR count). The van der Waals surface area contributed by atoms with E-state index in [-0.39, 0.29) is 22.9 Å². The number of carbonyl (C=O) groups is 2. The highest BCUT2D eigenvalue weighted by atomic mass is 32.2. The van der Waals surface area contributed by atoms with Crippen LogP contribution in [0, 0.1) is 0 Å². The molecule has 1 fully saturated rings. The molecule has 3 nitrogen and oxygen atoms in total. The third kappa shape index (κ3) is 1.63. The summed E-state index contributed by atoms with van der Waals surface area (Å²) >= 11 is -0.140. The first kappa shape index (κ1) is 9.58. The first-order valence-electron chi connectivity index (χ1n) is 4.24. The molecule has 12 heavy (non-hydrogen) atoms. The van der Waals surface area contributed by atoms with Gasteiger partial charge in [0.25, 0.3) is 11.8 Å². The molecule has 0 radical (unpaired) electrons. The van der Waals surface area contributed by atoms with E-state index in [1.54, 1.807) is 0 Å². The lowest BCUT2D eigenvalue weighted by Crippen LogP contribution is -2.38. The molecule has 0 aliphatic carbocycles. The Labute approximate surface area is 75.6 Å².